The van der Waals surface area contributed by atoms with Gasteiger partial charge in [0.2, 0.25) is 15.9 Å². The quantitative estimate of drug-likeness (QED) is 0.679. The van der Waals surface area contributed by atoms with Gasteiger partial charge in [-0.15, -0.1) is 0 Å². The SMILES string of the molecule is CC(=O)N(C)Cc1cc(N(C)C)nc(C2CCCN(S(=O)(=O)c3ccc(C)cc3)C2)n1. The number of rotatable bonds is 6. The first-order valence-corrected chi connectivity index (χ1v) is 11.9. The molecule has 9 heteroatoms. The smallest absolute Gasteiger partial charge is 0.243 e. The minimum absolute atomic E-state index is 0.0420. The number of sulfonamides is 1. The Labute approximate surface area is 185 Å². The van der Waals surface area contributed by atoms with Crippen LogP contribution in [0, 0.1) is 6.92 Å². The molecule has 0 saturated carbocycles. The second-order valence-corrected chi connectivity index (χ2v) is 10.3. The van der Waals surface area contributed by atoms with Crippen molar-refractivity contribution in [2.24, 2.45) is 0 Å². The molecule has 0 N–H and O–H groups in total. The minimum atomic E-state index is -3.57. The van der Waals surface area contributed by atoms with Gasteiger partial charge >= 0.3 is 0 Å². The van der Waals surface area contributed by atoms with Gasteiger partial charge in [-0.25, -0.2) is 18.4 Å². The van der Waals surface area contributed by atoms with Gasteiger partial charge in [0.25, 0.3) is 0 Å². The summed E-state index contributed by atoms with van der Waals surface area (Å²) in [5.74, 6) is 1.23. The van der Waals surface area contributed by atoms with E-state index < -0.39 is 10.0 Å². The molecule has 2 heterocycles. The monoisotopic (exact) mass is 445 g/mol. The van der Waals surface area contributed by atoms with Crippen LogP contribution in [0.5, 0.6) is 0 Å². The van der Waals surface area contributed by atoms with Crippen molar-refractivity contribution in [1.29, 1.82) is 0 Å². The molecule has 8 nitrogen and oxygen atoms in total. The molecule has 0 bridgehead atoms. The van der Waals surface area contributed by atoms with Crippen LogP contribution in [-0.2, 0) is 21.4 Å². The lowest BCUT2D eigenvalue weighted by atomic mass is 9.98. The first-order chi connectivity index (χ1) is 14.6. The predicted octanol–water partition coefficient (Wildman–Crippen LogP) is 2.40. The second kappa shape index (κ2) is 9.32. The summed E-state index contributed by atoms with van der Waals surface area (Å²) < 4.78 is 27.9. The van der Waals surface area contributed by atoms with Crippen LogP contribution < -0.4 is 4.90 Å². The van der Waals surface area contributed by atoms with Crippen molar-refractivity contribution < 1.29 is 13.2 Å². The Kier molecular flexibility index (Phi) is 6.96. The lowest BCUT2D eigenvalue weighted by Crippen LogP contribution is -2.39. The number of carbonyl (C=O) groups is 1. The Hall–Kier alpha value is -2.52. The molecule has 1 unspecified atom stereocenters. The Morgan fingerprint density at radius 2 is 1.84 bits per heavy atom. The summed E-state index contributed by atoms with van der Waals surface area (Å²) in [6.07, 6.45) is 1.56. The molecule has 1 aliphatic rings. The summed E-state index contributed by atoms with van der Waals surface area (Å²) >= 11 is 0. The van der Waals surface area contributed by atoms with Crippen molar-refractivity contribution in [3.05, 3.63) is 47.4 Å². The van der Waals surface area contributed by atoms with Crippen LogP contribution in [0.2, 0.25) is 0 Å². The molecule has 1 aliphatic heterocycles. The topological polar surface area (TPSA) is 86.7 Å². The number of anilines is 1. The fraction of sp³-hybridized carbons (Fsp3) is 0.500. The summed E-state index contributed by atoms with van der Waals surface area (Å²) in [7, 11) is 1.96. The Bertz CT molecular complexity index is 1040. The fourth-order valence-electron chi connectivity index (χ4n) is 3.58. The summed E-state index contributed by atoms with van der Waals surface area (Å²) in [4.78, 5) is 24.9. The molecule has 1 atom stereocenters. The Morgan fingerprint density at radius 1 is 1.16 bits per heavy atom. The van der Waals surface area contributed by atoms with E-state index in [0.717, 1.165) is 29.9 Å². The van der Waals surface area contributed by atoms with Crippen molar-refractivity contribution in [1.82, 2.24) is 19.2 Å². The van der Waals surface area contributed by atoms with Crippen LogP contribution in [0.1, 0.15) is 42.8 Å². The lowest BCUT2D eigenvalue weighted by Gasteiger charge is -2.31. The van der Waals surface area contributed by atoms with Gasteiger partial charge in [-0.05, 0) is 31.9 Å². The van der Waals surface area contributed by atoms with Crippen LogP contribution in [0.15, 0.2) is 35.2 Å². The molecule has 1 aromatic heterocycles. The van der Waals surface area contributed by atoms with E-state index in [9.17, 15) is 13.2 Å². The largest absolute Gasteiger partial charge is 0.363 e. The van der Waals surface area contributed by atoms with E-state index in [0.29, 0.717) is 30.4 Å². The number of aryl methyl sites for hydroxylation is 1. The normalized spacial score (nSPS) is 17.4. The Balaban J connectivity index is 1.88. The van der Waals surface area contributed by atoms with E-state index in [2.05, 4.69) is 0 Å². The molecule has 1 fully saturated rings. The van der Waals surface area contributed by atoms with E-state index in [1.54, 1.807) is 28.4 Å². The molecule has 1 aromatic carbocycles. The first kappa shape index (κ1) is 23.1. The number of amides is 1. The molecule has 0 aliphatic carbocycles. The van der Waals surface area contributed by atoms with E-state index in [-0.39, 0.29) is 11.8 Å². The Morgan fingerprint density at radius 3 is 2.45 bits per heavy atom. The van der Waals surface area contributed by atoms with Gasteiger partial charge in [0.1, 0.15) is 11.6 Å². The molecule has 0 radical (unpaired) electrons. The summed E-state index contributed by atoms with van der Waals surface area (Å²) in [6.45, 7) is 4.66. The third kappa shape index (κ3) is 5.40. The van der Waals surface area contributed by atoms with Gasteiger partial charge in [-0.1, -0.05) is 17.7 Å². The highest BCUT2D eigenvalue weighted by Crippen LogP contribution is 2.30. The number of carbonyl (C=O) groups excluding carboxylic acids is 1. The maximum atomic E-state index is 13.2. The van der Waals surface area contributed by atoms with Crippen molar-refractivity contribution in [2.45, 2.75) is 44.0 Å². The molecule has 3 rings (SSSR count). The van der Waals surface area contributed by atoms with Gasteiger partial charge in [0.05, 0.1) is 17.1 Å². The molecular formula is C22H31N5O3S. The molecule has 2 aromatic rings. The third-order valence-corrected chi connectivity index (χ3v) is 7.47. The third-order valence-electron chi connectivity index (χ3n) is 5.59. The molecule has 1 amide bonds. The molecule has 0 spiro atoms. The highest BCUT2D eigenvalue weighted by atomic mass is 32.2. The molecule has 168 valence electrons. The van der Waals surface area contributed by atoms with Crippen LogP contribution in [0.4, 0.5) is 5.82 Å². The maximum absolute atomic E-state index is 13.2. The van der Waals surface area contributed by atoms with Gasteiger partial charge in [0, 0.05) is 53.1 Å². The zero-order chi connectivity index (χ0) is 22.8. The number of hydrogen-bond acceptors (Lipinski definition) is 6. The number of benzene rings is 1. The van der Waals surface area contributed by atoms with E-state index in [1.165, 1.54) is 6.92 Å². The van der Waals surface area contributed by atoms with E-state index >= 15 is 0 Å². The van der Waals surface area contributed by atoms with Gasteiger partial charge in [-0.3, -0.25) is 4.79 Å². The van der Waals surface area contributed by atoms with E-state index in [1.807, 2.05) is 44.1 Å². The number of hydrogen-bond donors (Lipinski definition) is 0. The zero-order valence-corrected chi connectivity index (χ0v) is 19.7. The van der Waals surface area contributed by atoms with Crippen molar-refractivity contribution in [3.63, 3.8) is 0 Å². The summed E-state index contributed by atoms with van der Waals surface area (Å²) in [5, 5.41) is 0. The van der Waals surface area contributed by atoms with Crippen molar-refractivity contribution in [2.75, 3.05) is 39.1 Å². The van der Waals surface area contributed by atoms with Crippen LogP contribution >= 0.6 is 0 Å². The van der Waals surface area contributed by atoms with Crippen LogP contribution in [0.25, 0.3) is 0 Å². The van der Waals surface area contributed by atoms with Crippen LogP contribution in [-0.4, -0.2) is 67.7 Å². The summed E-state index contributed by atoms with van der Waals surface area (Å²) in [6, 6.07) is 8.82. The minimum Gasteiger partial charge on any atom is -0.363 e. The van der Waals surface area contributed by atoms with Crippen molar-refractivity contribution in [3.8, 4) is 0 Å². The number of aromatic nitrogens is 2. The van der Waals surface area contributed by atoms with Gasteiger partial charge < -0.3 is 9.80 Å². The second-order valence-electron chi connectivity index (χ2n) is 8.36. The average Bonchev–Trinajstić information content (AvgIpc) is 2.73. The molecule has 1 saturated heterocycles. The highest BCUT2D eigenvalue weighted by molar-refractivity contribution is 7.89. The van der Waals surface area contributed by atoms with Crippen LogP contribution in [0.3, 0.4) is 0 Å². The average molecular weight is 446 g/mol. The van der Waals surface area contributed by atoms with E-state index in [4.69, 9.17) is 9.97 Å². The first-order valence-electron chi connectivity index (χ1n) is 10.4. The number of piperidine rings is 1. The predicted molar refractivity (Wildman–Crippen MR) is 120 cm³/mol. The fourth-order valence-corrected chi connectivity index (χ4v) is 5.10. The van der Waals surface area contributed by atoms with Crippen molar-refractivity contribution >= 4 is 21.7 Å². The van der Waals surface area contributed by atoms with Gasteiger partial charge in [-0.2, -0.15) is 4.31 Å². The standard InChI is InChI=1S/C22H31N5O3S/c1-16-8-10-20(11-9-16)31(29,30)27-12-6-7-18(14-27)22-23-19(15-26(5)17(2)28)13-21(24-22)25(3)4/h8-11,13,18H,6-7,12,14-15H2,1-5H3. The zero-order valence-electron chi connectivity index (χ0n) is 18.9. The summed E-state index contributed by atoms with van der Waals surface area (Å²) in [5.41, 5.74) is 1.76. The highest BCUT2D eigenvalue weighted by Gasteiger charge is 2.32. The lowest BCUT2D eigenvalue weighted by molar-refractivity contribution is -0.128. The molecular weight excluding hydrogens is 414 g/mol. The molecule has 31 heavy (non-hydrogen) atoms. The van der Waals surface area contributed by atoms with Gasteiger partial charge in [0.15, 0.2) is 0 Å². The number of nitrogens with zero attached hydrogens (tertiary/aromatic N) is 5. The maximum Gasteiger partial charge on any atom is 0.243 e.